The van der Waals surface area contributed by atoms with Crippen LogP contribution in [0, 0.1) is 0 Å². The van der Waals surface area contributed by atoms with Crippen LogP contribution in [0.25, 0.3) is 11.0 Å². The molecule has 7 heteroatoms. The van der Waals surface area contributed by atoms with Crippen molar-refractivity contribution in [2.24, 2.45) is 7.05 Å². The summed E-state index contributed by atoms with van der Waals surface area (Å²) in [6, 6.07) is 7.19. The Kier molecular flexibility index (Phi) is 3.62. The molecule has 0 aliphatic carbocycles. The van der Waals surface area contributed by atoms with E-state index < -0.39 is 0 Å². The number of benzene rings is 1. The Morgan fingerprint density at radius 2 is 2.29 bits per heavy atom. The smallest absolute Gasteiger partial charge is 0.269 e. The fourth-order valence-electron chi connectivity index (χ4n) is 2.13. The van der Waals surface area contributed by atoms with Gasteiger partial charge in [-0.25, -0.2) is 4.98 Å². The standard InChI is InChI=1S/C14H14ClN5O/c1-20-12(4-7-17-20)14(21)16-6-5-13-18-10-3-2-9(15)8-11(10)19-13/h2-4,7-8H,5-6H2,1H3,(H,16,21)(H,18,19). The van der Waals surface area contributed by atoms with Gasteiger partial charge in [0.05, 0.1) is 11.0 Å². The summed E-state index contributed by atoms with van der Waals surface area (Å²) in [5.41, 5.74) is 2.30. The first-order chi connectivity index (χ1) is 10.1. The number of carbonyl (C=O) groups is 1. The van der Waals surface area contributed by atoms with Crippen LogP contribution in [0.4, 0.5) is 0 Å². The molecule has 0 unspecified atom stereocenters. The minimum atomic E-state index is -0.144. The molecular formula is C14H14ClN5O. The number of rotatable bonds is 4. The van der Waals surface area contributed by atoms with E-state index in [0.29, 0.717) is 23.7 Å². The molecule has 3 rings (SSSR count). The van der Waals surface area contributed by atoms with Gasteiger partial charge >= 0.3 is 0 Å². The number of hydrogen-bond donors (Lipinski definition) is 2. The van der Waals surface area contributed by atoms with Crippen LogP contribution in [-0.4, -0.2) is 32.2 Å². The molecule has 0 bridgehead atoms. The molecule has 21 heavy (non-hydrogen) atoms. The Morgan fingerprint density at radius 1 is 1.43 bits per heavy atom. The minimum absolute atomic E-state index is 0.144. The highest BCUT2D eigenvalue weighted by molar-refractivity contribution is 6.31. The second-order valence-corrected chi connectivity index (χ2v) is 5.13. The monoisotopic (exact) mass is 303 g/mol. The Hall–Kier alpha value is -2.34. The molecule has 1 amide bonds. The lowest BCUT2D eigenvalue weighted by molar-refractivity contribution is 0.0944. The van der Waals surface area contributed by atoms with E-state index in [1.165, 1.54) is 0 Å². The third-order valence-corrected chi connectivity index (χ3v) is 3.43. The fraction of sp³-hybridized carbons (Fsp3) is 0.214. The largest absolute Gasteiger partial charge is 0.350 e. The number of nitrogens with one attached hydrogen (secondary N) is 2. The predicted octanol–water partition coefficient (Wildman–Crippen LogP) is 1.92. The van der Waals surface area contributed by atoms with Gasteiger partial charge < -0.3 is 10.3 Å². The van der Waals surface area contributed by atoms with Gasteiger partial charge in [-0.3, -0.25) is 9.48 Å². The number of aryl methyl sites for hydroxylation is 1. The highest BCUT2D eigenvalue weighted by atomic mass is 35.5. The van der Waals surface area contributed by atoms with E-state index in [0.717, 1.165) is 16.9 Å². The molecular weight excluding hydrogens is 290 g/mol. The number of nitrogens with zero attached hydrogens (tertiary/aromatic N) is 3. The van der Waals surface area contributed by atoms with Crippen LogP contribution >= 0.6 is 11.6 Å². The lowest BCUT2D eigenvalue weighted by Crippen LogP contribution is -2.27. The Labute approximate surface area is 126 Å². The first kappa shape index (κ1) is 13.6. The molecule has 0 radical (unpaired) electrons. The van der Waals surface area contributed by atoms with E-state index in [1.807, 2.05) is 12.1 Å². The number of aromatic amines is 1. The molecule has 3 aromatic rings. The number of hydrogen-bond acceptors (Lipinski definition) is 3. The molecule has 0 aliphatic heterocycles. The zero-order valence-corrected chi connectivity index (χ0v) is 12.2. The highest BCUT2D eigenvalue weighted by Crippen LogP contribution is 2.17. The summed E-state index contributed by atoms with van der Waals surface area (Å²) in [5.74, 6) is 0.673. The Morgan fingerprint density at radius 3 is 3.05 bits per heavy atom. The van der Waals surface area contributed by atoms with Gasteiger partial charge in [0.1, 0.15) is 11.5 Å². The van der Waals surface area contributed by atoms with Crippen LogP contribution in [0.2, 0.25) is 5.02 Å². The molecule has 0 aliphatic rings. The van der Waals surface area contributed by atoms with Crippen LogP contribution in [-0.2, 0) is 13.5 Å². The summed E-state index contributed by atoms with van der Waals surface area (Å²) in [4.78, 5) is 19.6. The number of imidazole rings is 1. The SMILES string of the molecule is Cn1nccc1C(=O)NCCc1nc2ccc(Cl)cc2[nH]1. The number of carbonyl (C=O) groups excluding carboxylic acids is 1. The van der Waals surface area contributed by atoms with Gasteiger partial charge in [-0.05, 0) is 24.3 Å². The topological polar surface area (TPSA) is 75.6 Å². The van der Waals surface area contributed by atoms with Gasteiger partial charge in [0.15, 0.2) is 0 Å². The van der Waals surface area contributed by atoms with Gasteiger partial charge in [-0.15, -0.1) is 0 Å². The van der Waals surface area contributed by atoms with Crippen molar-refractivity contribution in [1.29, 1.82) is 0 Å². The van der Waals surface area contributed by atoms with E-state index in [2.05, 4.69) is 20.4 Å². The summed E-state index contributed by atoms with van der Waals surface area (Å²) in [6.45, 7) is 0.498. The normalized spacial score (nSPS) is 11.0. The summed E-state index contributed by atoms with van der Waals surface area (Å²) >= 11 is 5.93. The molecule has 0 fully saturated rings. The average Bonchev–Trinajstić information content (AvgIpc) is 3.04. The third kappa shape index (κ3) is 2.90. The van der Waals surface area contributed by atoms with Gasteiger partial charge in [0.2, 0.25) is 0 Å². The number of halogens is 1. The molecule has 0 spiro atoms. The van der Waals surface area contributed by atoms with Crippen molar-refractivity contribution in [3.63, 3.8) is 0 Å². The van der Waals surface area contributed by atoms with Gasteiger partial charge in [-0.2, -0.15) is 5.10 Å². The highest BCUT2D eigenvalue weighted by Gasteiger charge is 2.09. The molecule has 2 heterocycles. The first-order valence-electron chi connectivity index (χ1n) is 6.54. The molecule has 0 saturated heterocycles. The summed E-state index contributed by atoms with van der Waals surface area (Å²) in [5, 5.41) is 7.48. The summed E-state index contributed by atoms with van der Waals surface area (Å²) in [7, 11) is 1.73. The van der Waals surface area contributed by atoms with Crippen molar-refractivity contribution >= 4 is 28.5 Å². The summed E-state index contributed by atoms with van der Waals surface area (Å²) < 4.78 is 1.54. The quantitative estimate of drug-likeness (QED) is 0.773. The van der Waals surface area contributed by atoms with E-state index in [1.54, 1.807) is 30.1 Å². The molecule has 2 N–H and O–H groups in total. The minimum Gasteiger partial charge on any atom is -0.350 e. The van der Waals surface area contributed by atoms with Crippen LogP contribution in [0.5, 0.6) is 0 Å². The van der Waals surface area contributed by atoms with Crippen LogP contribution in [0.1, 0.15) is 16.3 Å². The fourth-order valence-corrected chi connectivity index (χ4v) is 2.31. The van der Waals surface area contributed by atoms with Crippen molar-refractivity contribution in [1.82, 2.24) is 25.1 Å². The molecule has 6 nitrogen and oxygen atoms in total. The second kappa shape index (κ2) is 5.57. The van der Waals surface area contributed by atoms with Crippen molar-refractivity contribution in [3.05, 3.63) is 47.0 Å². The maximum absolute atomic E-state index is 11.9. The molecule has 2 aromatic heterocycles. The van der Waals surface area contributed by atoms with Crippen LogP contribution in [0.15, 0.2) is 30.5 Å². The third-order valence-electron chi connectivity index (χ3n) is 3.19. The molecule has 108 valence electrons. The zero-order valence-electron chi connectivity index (χ0n) is 11.4. The maximum Gasteiger partial charge on any atom is 0.269 e. The van der Waals surface area contributed by atoms with E-state index in [4.69, 9.17) is 11.6 Å². The molecule has 0 atom stereocenters. The number of fused-ring (bicyclic) bond motifs is 1. The van der Waals surface area contributed by atoms with Crippen LogP contribution < -0.4 is 5.32 Å². The first-order valence-corrected chi connectivity index (χ1v) is 6.91. The van der Waals surface area contributed by atoms with Gasteiger partial charge in [0, 0.05) is 31.2 Å². The molecule has 1 aromatic carbocycles. The molecule has 0 saturated carbocycles. The lowest BCUT2D eigenvalue weighted by atomic mass is 10.3. The van der Waals surface area contributed by atoms with Gasteiger partial charge in [-0.1, -0.05) is 11.6 Å². The van der Waals surface area contributed by atoms with E-state index >= 15 is 0 Å². The predicted molar refractivity (Wildman–Crippen MR) is 80.3 cm³/mol. The van der Waals surface area contributed by atoms with Crippen molar-refractivity contribution in [2.45, 2.75) is 6.42 Å². The van der Waals surface area contributed by atoms with Crippen molar-refractivity contribution in [3.8, 4) is 0 Å². The summed E-state index contributed by atoms with van der Waals surface area (Å²) in [6.07, 6.45) is 2.22. The lowest BCUT2D eigenvalue weighted by Gasteiger charge is -2.03. The Balaban J connectivity index is 1.62. The van der Waals surface area contributed by atoms with Crippen molar-refractivity contribution < 1.29 is 4.79 Å². The Bertz CT molecular complexity index is 792. The van der Waals surface area contributed by atoms with E-state index in [9.17, 15) is 4.79 Å². The average molecular weight is 304 g/mol. The van der Waals surface area contributed by atoms with Crippen LogP contribution in [0.3, 0.4) is 0 Å². The number of H-pyrrole nitrogens is 1. The van der Waals surface area contributed by atoms with Crippen molar-refractivity contribution in [2.75, 3.05) is 6.54 Å². The van der Waals surface area contributed by atoms with Gasteiger partial charge in [0.25, 0.3) is 5.91 Å². The maximum atomic E-state index is 11.9. The van der Waals surface area contributed by atoms with E-state index in [-0.39, 0.29) is 5.91 Å². The number of amides is 1. The second-order valence-electron chi connectivity index (χ2n) is 4.69. The number of aromatic nitrogens is 4. The zero-order chi connectivity index (χ0) is 14.8.